The molecule has 4 aromatic carbocycles. The fourth-order valence-electron chi connectivity index (χ4n) is 3.23. The summed E-state index contributed by atoms with van der Waals surface area (Å²) in [6.45, 7) is 0. The summed E-state index contributed by atoms with van der Waals surface area (Å²) in [7, 11) is -3.89. The molecule has 0 saturated carbocycles. The van der Waals surface area contributed by atoms with Crippen LogP contribution in [0.1, 0.15) is 20.7 Å². The van der Waals surface area contributed by atoms with Gasteiger partial charge >= 0.3 is 0 Å². The molecule has 0 atom stereocenters. The van der Waals surface area contributed by atoms with Gasteiger partial charge in [0.1, 0.15) is 0 Å². The molecule has 0 radical (unpaired) electrons. The molecule has 8 heteroatoms. The molecule has 0 aromatic heterocycles. The van der Waals surface area contributed by atoms with Gasteiger partial charge in [-0.05, 0) is 54.6 Å². The van der Waals surface area contributed by atoms with Crippen molar-refractivity contribution in [3.8, 4) is 0 Å². The van der Waals surface area contributed by atoms with Gasteiger partial charge in [-0.3, -0.25) is 14.3 Å². The second kappa shape index (κ2) is 10.0. The van der Waals surface area contributed by atoms with Crippen molar-refractivity contribution < 1.29 is 18.0 Å². The zero-order valence-corrected chi connectivity index (χ0v) is 18.8. The molecular formula is C26H21N3O4S. The molecule has 4 rings (SSSR count). The monoisotopic (exact) mass is 471 g/mol. The quantitative estimate of drug-likeness (QED) is 0.353. The maximum atomic E-state index is 12.9. The summed E-state index contributed by atoms with van der Waals surface area (Å²) in [6.07, 6.45) is 0. The Morgan fingerprint density at radius 3 is 1.91 bits per heavy atom. The average molecular weight is 472 g/mol. The molecule has 0 unspecified atom stereocenters. The van der Waals surface area contributed by atoms with Gasteiger partial charge in [-0.15, -0.1) is 0 Å². The molecule has 0 bridgehead atoms. The minimum Gasteiger partial charge on any atom is -0.322 e. The van der Waals surface area contributed by atoms with Crippen LogP contribution in [0.25, 0.3) is 0 Å². The highest BCUT2D eigenvalue weighted by atomic mass is 32.2. The highest BCUT2D eigenvalue weighted by Gasteiger charge is 2.18. The van der Waals surface area contributed by atoms with E-state index in [1.807, 2.05) is 6.07 Å². The molecule has 0 aliphatic carbocycles. The van der Waals surface area contributed by atoms with Crippen molar-refractivity contribution in [2.75, 3.05) is 15.4 Å². The standard InChI is InChI=1S/C26H21N3O4S/c30-25(19-10-9-15-22(18-19)34(32,33)29-21-13-5-2-6-14-21)28-24-17-8-7-16-23(24)26(31)27-20-11-3-1-4-12-20/h1-18,29H,(H,27,31)(H,28,30). The fraction of sp³-hybridized carbons (Fsp3) is 0. The third-order valence-electron chi connectivity index (χ3n) is 4.88. The lowest BCUT2D eigenvalue weighted by Gasteiger charge is -2.12. The highest BCUT2D eigenvalue weighted by Crippen LogP contribution is 2.21. The van der Waals surface area contributed by atoms with Crippen LogP contribution in [0.2, 0.25) is 0 Å². The summed E-state index contributed by atoms with van der Waals surface area (Å²) in [6, 6.07) is 29.7. The topological polar surface area (TPSA) is 104 Å². The summed E-state index contributed by atoms with van der Waals surface area (Å²) < 4.78 is 28.0. The van der Waals surface area contributed by atoms with E-state index in [1.54, 1.807) is 78.9 Å². The van der Waals surface area contributed by atoms with E-state index in [0.717, 1.165) is 0 Å². The fourth-order valence-corrected chi connectivity index (χ4v) is 4.33. The SMILES string of the molecule is O=C(Nc1ccccc1C(=O)Nc1ccccc1)c1cccc(S(=O)(=O)Nc2ccccc2)c1. The number of carbonyl (C=O) groups excluding carboxylic acids is 2. The van der Waals surface area contributed by atoms with Crippen molar-refractivity contribution in [3.05, 3.63) is 120 Å². The number of sulfonamides is 1. The van der Waals surface area contributed by atoms with E-state index in [9.17, 15) is 18.0 Å². The van der Waals surface area contributed by atoms with E-state index < -0.39 is 15.9 Å². The Morgan fingerprint density at radius 1 is 0.588 bits per heavy atom. The first-order valence-corrected chi connectivity index (χ1v) is 11.9. The molecule has 3 N–H and O–H groups in total. The third-order valence-corrected chi connectivity index (χ3v) is 6.26. The van der Waals surface area contributed by atoms with E-state index in [0.29, 0.717) is 17.1 Å². The first-order valence-electron chi connectivity index (χ1n) is 10.4. The maximum Gasteiger partial charge on any atom is 0.261 e. The third kappa shape index (κ3) is 5.48. The number of hydrogen-bond donors (Lipinski definition) is 3. The second-order valence-corrected chi connectivity index (χ2v) is 9.00. The Labute approximate surface area is 197 Å². The number of nitrogens with one attached hydrogen (secondary N) is 3. The number of benzene rings is 4. The van der Waals surface area contributed by atoms with Crippen molar-refractivity contribution in [1.82, 2.24) is 0 Å². The molecular weight excluding hydrogens is 450 g/mol. The summed E-state index contributed by atoms with van der Waals surface area (Å²) in [5.74, 6) is -0.929. The van der Waals surface area contributed by atoms with Gasteiger partial charge in [0.25, 0.3) is 21.8 Å². The highest BCUT2D eigenvalue weighted by molar-refractivity contribution is 7.92. The summed E-state index contributed by atoms with van der Waals surface area (Å²) >= 11 is 0. The first-order chi connectivity index (χ1) is 16.4. The number of anilines is 3. The van der Waals surface area contributed by atoms with Crippen LogP contribution < -0.4 is 15.4 Å². The van der Waals surface area contributed by atoms with Crippen molar-refractivity contribution in [2.45, 2.75) is 4.90 Å². The minimum atomic E-state index is -3.89. The number of carbonyl (C=O) groups is 2. The molecule has 4 aromatic rings. The van der Waals surface area contributed by atoms with Crippen LogP contribution in [-0.2, 0) is 10.0 Å². The smallest absolute Gasteiger partial charge is 0.261 e. The zero-order valence-electron chi connectivity index (χ0n) is 17.9. The molecule has 0 aliphatic heterocycles. The Bertz CT molecular complexity index is 1420. The van der Waals surface area contributed by atoms with Gasteiger partial charge in [-0.1, -0.05) is 54.6 Å². The predicted molar refractivity (Wildman–Crippen MR) is 132 cm³/mol. The van der Waals surface area contributed by atoms with Gasteiger partial charge < -0.3 is 10.6 Å². The molecule has 34 heavy (non-hydrogen) atoms. The van der Waals surface area contributed by atoms with E-state index in [4.69, 9.17) is 0 Å². The molecule has 170 valence electrons. The molecule has 0 aliphatic rings. The summed E-state index contributed by atoms with van der Waals surface area (Å²) in [4.78, 5) is 25.6. The van der Waals surface area contributed by atoms with Crippen LogP contribution in [0.15, 0.2) is 114 Å². The maximum absolute atomic E-state index is 12.9. The van der Waals surface area contributed by atoms with Crippen LogP contribution in [-0.4, -0.2) is 20.2 Å². The van der Waals surface area contributed by atoms with E-state index in [1.165, 1.54) is 24.3 Å². The summed E-state index contributed by atoms with van der Waals surface area (Å²) in [5, 5.41) is 5.49. The molecule has 0 heterocycles. The number of hydrogen-bond acceptors (Lipinski definition) is 4. The second-order valence-electron chi connectivity index (χ2n) is 7.32. The van der Waals surface area contributed by atoms with E-state index in [2.05, 4.69) is 15.4 Å². The van der Waals surface area contributed by atoms with Gasteiger partial charge in [0.2, 0.25) is 0 Å². The summed E-state index contributed by atoms with van der Waals surface area (Å²) in [5.41, 5.74) is 1.74. The van der Waals surface area contributed by atoms with Crippen molar-refractivity contribution in [1.29, 1.82) is 0 Å². The normalized spacial score (nSPS) is 10.8. The van der Waals surface area contributed by atoms with E-state index >= 15 is 0 Å². The Morgan fingerprint density at radius 2 is 1.21 bits per heavy atom. The van der Waals surface area contributed by atoms with Crippen molar-refractivity contribution >= 4 is 38.9 Å². The molecule has 0 fully saturated rings. The van der Waals surface area contributed by atoms with E-state index in [-0.39, 0.29) is 21.9 Å². The lowest BCUT2D eigenvalue weighted by Crippen LogP contribution is -2.19. The minimum absolute atomic E-state index is 0.0564. The van der Waals surface area contributed by atoms with Crippen LogP contribution in [0, 0.1) is 0 Å². The Balaban J connectivity index is 1.53. The Kier molecular flexibility index (Phi) is 6.70. The number of rotatable bonds is 7. The van der Waals surface area contributed by atoms with Crippen molar-refractivity contribution in [3.63, 3.8) is 0 Å². The lowest BCUT2D eigenvalue weighted by molar-refractivity contribution is 0.102. The average Bonchev–Trinajstić information content (AvgIpc) is 2.85. The van der Waals surface area contributed by atoms with Gasteiger partial charge in [-0.2, -0.15) is 0 Å². The zero-order chi connectivity index (χ0) is 24.0. The molecule has 2 amide bonds. The van der Waals surface area contributed by atoms with Gasteiger partial charge in [-0.25, -0.2) is 8.42 Å². The number of amides is 2. The largest absolute Gasteiger partial charge is 0.322 e. The Hall–Kier alpha value is -4.43. The van der Waals surface area contributed by atoms with Crippen molar-refractivity contribution in [2.24, 2.45) is 0 Å². The lowest BCUT2D eigenvalue weighted by atomic mass is 10.1. The van der Waals surface area contributed by atoms with Crippen LogP contribution >= 0.6 is 0 Å². The molecule has 7 nitrogen and oxygen atoms in total. The van der Waals surface area contributed by atoms with Gasteiger partial charge in [0, 0.05) is 16.9 Å². The van der Waals surface area contributed by atoms with Crippen LogP contribution in [0.4, 0.5) is 17.1 Å². The van der Waals surface area contributed by atoms with Crippen LogP contribution in [0.3, 0.4) is 0 Å². The molecule has 0 saturated heterocycles. The number of para-hydroxylation sites is 3. The van der Waals surface area contributed by atoms with Gasteiger partial charge in [0.05, 0.1) is 16.1 Å². The van der Waals surface area contributed by atoms with Crippen LogP contribution in [0.5, 0.6) is 0 Å². The predicted octanol–water partition coefficient (Wildman–Crippen LogP) is 4.99. The molecule has 0 spiro atoms. The van der Waals surface area contributed by atoms with Gasteiger partial charge in [0.15, 0.2) is 0 Å². The first kappa shape index (κ1) is 22.8.